The summed E-state index contributed by atoms with van der Waals surface area (Å²) in [5, 5.41) is 0. The van der Waals surface area contributed by atoms with Crippen molar-refractivity contribution in [3.63, 3.8) is 0 Å². The molecule has 0 saturated heterocycles. The van der Waals surface area contributed by atoms with Crippen LogP contribution in [0.1, 0.15) is 34.1 Å². The minimum atomic E-state index is 0.328. The molecule has 0 heterocycles. The Bertz CT molecular complexity index is 154. The number of ether oxygens (including phenoxy) is 1. The minimum absolute atomic E-state index is 0.328. The molecule has 1 aliphatic carbocycles. The summed E-state index contributed by atoms with van der Waals surface area (Å²) in [6, 6.07) is 0. The van der Waals surface area contributed by atoms with Gasteiger partial charge < -0.3 is 4.74 Å². The lowest BCUT2D eigenvalue weighted by atomic mass is 9.69. The average molecular weight is 235 g/mol. The van der Waals surface area contributed by atoms with Crippen LogP contribution in [0, 0.1) is 11.3 Å². The van der Waals surface area contributed by atoms with Crippen LogP contribution in [0.4, 0.5) is 0 Å². The second-order valence-electron chi connectivity index (χ2n) is 4.74. The van der Waals surface area contributed by atoms with Gasteiger partial charge in [-0.15, -0.1) is 0 Å². The van der Waals surface area contributed by atoms with E-state index in [0.717, 1.165) is 6.61 Å². The third kappa shape index (κ3) is 2.02. The van der Waals surface area contributed by atoms with Gasteiger partial charge in [0.25, 0.3) is 0 Å². The molecule has 1 saturated carbocycles. The molecule has 0 aromatic carbocycles. The summed E-state index contributed by atoms with van der Waals surface area (Å²) in [5.74, 6) is 0.648. The summed E-state index contributed by atoms with van der Waals surface area (Å²) >= 11 is 3.65. The van der Waals surface area contributed by atoms with E-state index >= 15 is 0 Å². The summed E-state index contributed by atoms with van der Waals surface area (Å²) in [4.78, 5) is 0.641. The molecule has 72 valence electrons. The van der Waals surface area contributed by atoms with Crippen LogP contribution in [-0.2, 0) is 4.74 Å². The zero-order valence-corrected chi connectivity index (χ0v) is 10.0. The summed E-state index contributed by atoms with van der Waals surface area (Å²) in [6.07, 6.45) is 1.63. The fraction of sp³-hybridized carbons (Fsp3) is 1.00. The van der Waals surface area contributed by atoms with Crippen LogP contribution in [0.15, 0.2) is 0 Å². The van der Waals surface area contributed by atoms with Gasteiger partial charge >= 0.3 is 0 Å². The number of alkyl halides is 1. The Hall–Kier alpha value is 0.440. The molecule has 2 unspecified atom stereocenters. The van der Waals surface area contributed by atoms with Crippen molar-refractivity contribution in [2.75, 3.05) is 6.61 Å². The van der Waals surface area contributed by atoms with E-state index in [1.807, 2.05) is 0 Å². The highest BCUT2D eigenvalue weighted by molar-refractivity contribution is 9.09. The lowest BCUT2D eigenvalue weighted by Gasteiger charge is -2.49. The molecule has 2 heteroatoms. The van der Waals surface area contributed by atoms with Crippen molar-refractivity contribution in [2.45, 2.75) is 45.0 Å². The van der Waals surface area contributed by atoms with Gasteiger partial charge in [0.2, 0.25) is 0 Å². The van der Waals surface area contributed by atoms with Crippen molar-refractivity contribution < 1.29 is 4.74 Å². The van der Waals surface area contributed by atoms with E-state index in [0.29, 0.717) is 22.3 Å². The fourth-order valence-electron chi connectivity index (χ4n) is 1.43. The van der Waals surface area contributed by atoms with Crippen LogP contribution in [-0.4, -0.2) is 17.5 Å². The van der Waals surface area contributed by atoms with E-state index in [1.54, 1.807) is 0 Å². The van der Waals surface area contributed by atoms with Gasteiger partial charge in [0, 0.05) is 16.8 Å². The predicted molar refractivity (Wildman–Crippen MR) is 55.7 cm³/mol. The third-order valence-electron chi connectivity index (χ3n) is 2.69. The Labute approximate surface area is 84.0 Å². The van der Waals surface area contributed by atoms with Crippen molar-refractivity contribution in [1.29, 1.82) is 0 Å². The fourth-order valence-corrected chi connectivity index (χ4v) is 2.06. The average Bonchev–Trinajstić information content (AvgIpc) is 1.97. The zero-order valence-electron chi connectivity index (χ0n) is 8.43. The molecule has 2 atom stereocenters. The highest BCUT2D eigenvalue weighted by atomic mass is 79.9. The summed E-state index contributed by atoms with van der Waals surface area (Å²) in [5.41, 5.74) is 0.328. The maximum Gasteiger partial charge on any atom is 0.0647 e. The second kappa shape index (κ2) is 3.67. The van der Waals surface area contributed by atoms with Crippen molar-refractivity contribution in [2.24, 2.45) is 11.3 Å². The zero-order chi connectivity index (χ0) is 9.35. The molecule has 0 N–H and O–H groups in total. The number of halogens is 1. The molecule has 0 bridgehead atoms. The minimum Gasteiger partial charge on any atom is -0.377 e. The van der Waals surface area contributed by atoms with Crippen LogP contribution in [0.25, 0.3) is 0 Å². The van der Waals surface area contributed by atoms with Crippen molar-refractivity contribution in [1.82, 2.24) is 0 Å². The number of hydrogen-bond acceptors (Lipinski definition) is 1. The monoisotopic (exact) mass is 234 g/mol. The van der Waals surface area contributed by atoms with Crippen molar-refractivity contribution >= 4 is 15.9 Å². The van der Waals surface area contributed by atoms with Crippen LogP contribution in [0.3, 0.4) is 0 Å². The predicted octanol–water partition coefficient (Wildman–Crippen LogP) is 3.22. The Morgan fingerprint density at radius 2 is 2.08 bits per heavy atom. The van der Waals surface area contributed by atoms with Crippen LogP contribution in [0.2, 0.25) is 0 Å². The lowest BCUT2D eigenvalue weighted by molar-refractivity contribution is -0.0925. The normalized spacial score (nSPS) is 33.5. The standard InChI is InChI=1S/C10H19BrO/c1-7(2)6-12-9-5-8(11)10(9,3)4/h7-9H,5-6H2,1-4H3. The molecule has 0 radical (unpaired) electrons. The van der Waals surface area contributed by atoms with E-state index in [-0.39, 0.29) is 0 Å². The number of rotatable bonds is 3. The van der Waals surface area contributed by atoms with Gasteiger partial charge in [0.15, 0.2) is 0 Å². The van der Waals surface area contributed by atoms with E-state index in [2.05, 4.69) is 43.6 Å². The van der Waals surface area contributed by atoms with Crippen LogP contribution >= 0.6 is 15.9 Å². The van der Waals surface area contributed by atoms with Crippen molar-refractivity contribution in [3.05, 3.63) is 0 Å². The molecule has 12 heavy (non-hydrogen) atoms. The van der Waals surface area contributed by atoms with Gasteiger partial charge in [-0.2, -0.15) is 0 Å². The molecule has 0 aromatic rings. The van der Waals surface area contributed by atoms with Gasteiger partial charge in [-0.05, 0) is 12.3 Å². The van der Waals surface area contributed by atoms with Crippen LogP contribution in [0.5, 0.6) is 0 Å². The first-order valence-electron chi connectivity index (χ1n) is 4.70. The van der Waals surface area contributed by atoms with Gasteiger partial charge in [-0.1, -0.05) is 43.6 Å². The Morgan fingerprint density at radius 3 is 2.42 bits per heavy atom. The summed E-state index contributed by atoms with van der Waals surface area (Å²) in [7, 11) is 0. The maximum absolute atomic E-state index is 5.80. The molecule has 0 spiro atoms. The van der Waals surface area contributed by atoms with Gasteiger partial charge in [-0.25, -0.2) is 0 Å². The molecule has 1 rings (SSSR count). The molecule has 0 amide bonds. The molecule has 1 fully saturated rings. The van der Waals surface area contributed by atoms with E-state index < -0.39 is 0 Å². The Morgan fingerprint density at radius 1 is 1.50 bits per heavy atom. The van der Waals surface area contributed by atoms with Crippen LogP contribution < -0.4 is 0 Å². The van der Waals surface area contributed by atoms with Crippen molar-refractivity contribution in [3.8, 4) is 0 Å². The van der Waals surface area contributed by atoms with Gasteiger partial charge in [0.1, 0.15) is 0 Å². The molecular weight excluding hydrogens is 216 g/mol. The SMILES string of the molecule is CC(C)COC1CC(Br)C1(C)C. The Kier molecular flexibility index (Phi) is 3.21. The molecular formula is C10H19BrO. The topological polar surface area (TPSA) is 9.23 Å². The van der Waals surface area contributed by atoms with E-state index in [4.69, 9.17) is 4.74 Å². The smallest absolute Gasteiger partial charge is 0.0647 e. The highest BCUT2D eigenvalue weighted by Gasteiger charge is 2.47. The summed E-state index contributed by atoms with van der Waals surface area (Å²) in [6.45, 7) is 9.81. The van der Waals surface area contributed by atoms with Gasteiger partial charge in [-0.3, -0.25) is 0 Å². The first-order valence-corrected chi connectivity index (χ1v) is 5.62. The van der Waals surface area contributed by atoms with Gasteiger partial charge in [0.05, 0.1) is 6.10 Å². The largest absolute Gasteiger partial charge is 0.377 e. The Balaban J connectivity index is 2.28. The molecule has 0 aliphatic heterocycles. The lowest BCUT2D eigenvalue weighted by Crippen LogP contribution is -2.51. The molecule has 0 aromatic heterocycles. The second-order valence-corrected chi connectivity index (χ2v) is 5.85. The summed E-state index contributed by atoms with van der Waals surface area (Å²) < 4.78 is 5.80. The third-order valence-corrected chi connectivity index (χ3v) is 4.24. The first-order chi connectivity index (χ1) is 5.44. The number of hydrogen-bond donors (Lipinski definition) is 0. The highest BCUT2D eigenvalue weighted by Crippen LogP contribution is 2.47. The van der Waals surface area contributed by atoms with E-state index in [9.17, 15) is 0 Å². The first kappa shape index (κ1) is 10.5. The van der Waals surface area contributed by atoms with E-state index in [1.165, 1.54) is 6.42 Å². The molecule has 1 aliphatic rings. The quantitative estimate of drug-likeness (QED) is 0.682. The maximum atomic E-state index is 5.80. The molecule has 1 nitrogen and oxygen atoms in total.